The van der Waals surface area contributed by atoms with Gasteiger partial charge in [-0.05, 0) is 0 Å². The summed E-state index contributed by atoms with van der Waals surface area (Å²) in [6.45, 7) is 0. The molecule has 158 valence electrons. The number of carbonyl (C=O) groups is 4. The zero-order valence-corrected chi connectivity index (χ0v) is 17.2. The van der Waals surface area contributed by atoms with Crippen LogP contribution in [0.5, 0.6) is 0 Å². The summed E-state index contributed by atoms with van der Waals surface area (Å²) in [6, 6.07) is 10.8. The molecule has 2 aromatic carbocycles. The van der Waals surface area contributed by atoms with E-state index in [1.807, 2.05) is 0 Å². The first-order valence-electron chi connectivity index (χ1n) is 9.45. The van der Waals surface area contributed by atoms with E-state index in [1.165, 1.54) is 48.5 Å². The van der Waals surface area contributed by atoms with Gasteiger partial charge in [0.25, 0.3) is 0 Å². The van der Waals surface area contributed by atoms with Crippen LogP contribution in [0.25, 0.3) is 0 Å². The third-order valence-corrected chi connectivity index (χ3v) is 6.66. The first kappa shape index (κ1) is 20.6. The highest BCUT2D eigenvalue weighted by molar-refractivity contribution is 8.76. The molecular formula is C20H20N2O6S2. The number of Topliss-reactive ketones (excluding diaryl/α,β-unsaturated/α-hetero) is 2. The highest BCUT2D eigenvalue weighted by atomic mass is 33.1. The number of hydrogen-bond donors (Lipinski definition) is 4. The monoisotopic (exact) mass is 450 g/mol. The quantitative estimate of drug-likeness (QED) is 0.172. The molecule has 0 aliphatic rings. The lowest BCUT2D eigenvalue weighted by Crippen LogP contribution is -2.58. The molecule has 10 heteroatoms. The van der Waals surface area contributed by atoms with Crippen molar-refractivity contribution in [2.24, 2.45) is 11.5 Å². The van der Waals surface area contributed by atoms with Gasteiger partial charge in [-0.1, -0.05) is 82.2 Å². The summed E-state index contributed by atoms with van der Waals surface area (Å²) in [6.07, 6.45) is 0. The Morgan fingerprint density at radius 3 is 1.43 bits per heavy atom. The van der Waals surface area contributed by atoms with Crippen LogP contribution >= 0.6 is 21.6 Å². The van der Waals surface area contributed by atoms with Crippen molar-refractivity contribution in [3.8, 4) is 0 Å². The third kappa shape index (κ3) is 5.08. The summed E-state index contributed by atoms with van der Waals surface area (Å²) in [5, 5.41) is 19.1. The molecule has 6 N–H and O–H groups in total. The molecule has 0 spiro atoms. The van der Waals surface area contributed by atoms with Gasteiger partial charge in [-0.25, -0.2) is 9.59 Å². The van der Waals surface area contributed by atoms with Crippen LogP contribution in [0.3, 0.4) is 0 Å². The molecule has 2 rings (SSSR count). The standard InChI is InChI=1S/C20H20N2O6S2/c21-19(17(25)26,15(23)13-7-3-1-4-8-13)11-29-30-12-20(22,18(27)28)16(24)14-9-5-2-6-10-14/h1-10H,11-12,21-22H2,(H,25,26)(H,27,28)/t19-,20-/m1/s1/i7D,9D. The molecule has 0 aromatic heterocycles. The van der Waals surface area contributed by atoms with Crippen LogP contribution in [0.4, 0.5) is 0 Å². The van der Waals surface area contributed by atoms with Crippen molar-refractivity contribution in [3.63, 3.8) is 0 Å². The normalized spacial score (nSPS) is 15.8. The van der Waals surface area contributed by atoms with Crippen LogP contribution in [0.15, 0.2) is 60.6 Å². The van der Waals surface area contributed by atoms with Gasteiger partial charge < -0.3 is 21.7 Å². The van der Waals surface area contributed by atoms with Crippen LogP contribution in [0, 0.1) is 0 Å². The molecule has 0 bridgehead atoms. The van der Waals surface area contributed by atoms with Crippen molar-refractivity contribution in [1.82, 2.24) is 0 Å². The summed E-state index contributed by atoms with van der Waals surface area (Å²) in [5.41, 5.74) is 6.63. The van der Waals surface area contributed by atoms with E-state index in [0.717, 1.165) is 21.6 Å². The Labute approximate surface area is 183 Å². The van der Waals surface area contributed by atoms with Crippen molar-refractivity contribution < 1.29 is 32.1 Å². The average Bonchev–Trinajstić information content (AvgIpc) is 2.75. The van der Waals surface area contributed by atoms with E-state index in [9.17, 15) is 29.4 Å². The first-order valence-corrected chi connectivity index (χ1v) is 10.9. The van der Waals surface area contributed by atoms with Gasteiger partial charge in [0.05, 0.1) is 2.74 Å². The van der Waals surface area contributed by atoms with Gasteiger partial charge in [0.2, 0.25) is 0 Å². The molecule has 0 amide bonds. The molecule has 2 atom stereocenters. The van der Waals surface area contributed by atoms with Crippen LogP contribution in [-0.4, -0.2) is 56.3 Å². The Bertz CT molecular complexity index is 986. The van der Waals surface area contributed by atoms with E-state index in [0.29, 0.717) is 0 Å². The maximum atomic E-state index is 12.7. The van der Waals surface area contributed by atoms with Crippen molar-refractivity contribution in [3.05, 3.63) is 71.7 Å². The Kier molecular flexibility index (Phi) is 6.80. The van der Waals surface area contributed by atoms with Gasteiger partial charge in [0.1, 0.15) is 0 Å². The summed E-state index contributed by atoms with van der Waals surface area (Å²) < 4.78 is 15.6. The molecule has 0 aliphatic carbocycles. The minimum absolute atomic E-state index is 0.163. The lowest BCUT2D eigenvalue weighted by molar-refractivity contribution is -0.141. The first-order chi connectivity index (χ1) is 14.9. The summed E-state index contributed by atoms with van der Waals surface area (Å²) in [5.74, 6) is -6.12. The van der Waals surface area contributed by atoms with Gasteiger partial charge in [-0.15, -0.1) is 0 Å². The average molecular weight is 451 g/mol. The Balaban J connectivity index is 2.15. The topological polar surface area (TPSA) is 161 Å². The van der Waals surface area contributed by atoms with E-state index in [1.54, 1.807) is 0 Å². The number of rotatable bonds is 11. The second-order valence-electron chi connectivity index (χ2n) is 6.29. The molecule has 0 saturated heterocycles. The molecule has 30 heavy (non-hydrogen) atoms. The lowest BCUT2D eigenvalue weighted by atomic mass is 9.92. The fourth-order valence-corrected chi connectivity index (χ4v) is 4.93. The number of nitrogens with two attached hydrogens (primary N) is 2. The molecule has 8 nitrogen and oxygen atoms in total. The zero-order chi connectivity index (χ0) is 24.1. The highest BCUT2D eigenvalue weighted by Gasteiger charge is 2.45. The number of ketones is 2. The third-order valence-electron chi connectivity index (χ3n) is 4.14. The van der Waals surface area contributed by atoms with Gasteiger partial charge in [0, 0.05) is 22.6 Å². The molecule has 0 fully saturated rings. The Morgan fingerprint density at radius 2 is 1.13 bits per heavy atom. The summed E-state index contributed by atoms with van der Waals surface area (Å²) in [4.78, 5) is 48.9. The number of benzene rings is 2. The van der Waals surface area contributed by atoms with Gasteiger partial charge in [-0.3, -0.25) is 9.59 Å². The van der Waals surface area contributed by atoms with E-state index in [2.05, 4.69) is 0 Å². The SMILES string of the molecule is [2H]c1ccccc1C(=O)[C@](N)(CSSC[C@](N)(C(=O)O)C(=O)c1ccccc1[2H])C(=O)O. The molecular weight excluding hydrogens is 428 g/mol. The van der Waals surface area contributed by atoms with Crippen LogP contribution < -0.4 is 11.5 Å². The second-order valence-corrected chi connectivity index (χ2v) is 8.75. The number of hydrogen-bond acceptors (Lipinski definition) is 8. The van der Waals surface area contributed by atoms with E-state index >= 15 is 0 Å². The van der Waals surface area contributed by atoms with Crippen LogP contribution in [0.2, 0.25) is 0 Å². The minimum Gasteiger partial charge on any atom is -0.480 e. The fourth-order valence-electron chi connectivity index (χ4n) is 2.27. The van der Waals surface area contributed by atoms with Crippen molar-refractivity contribution in [2.45, 2.75) is 11.1 Å². The molecule has 0 radical (unpaired) electrons. The van der Waals surface area contributed by atoms with Crippen LogP contribution in [-0.2, 0) is 9.59 Å². The largest absolute Gasteiger partial charge is 0.480 e. The summed E-state index contributed by atoms with van der Waals surface area (Å²) >= 11 is 0. The number of aliphatic carboxylic acids is 2. The number of carboxylic acid groups (broad SMARTS) is 2. The highest BCUT2D eigenvalue weighted by Crippen LogP contribution is 2.30. The van der Waals surface area contributed by atoms with Gasteiger partial charge in [0.15, 0.2) is 22.6 Å². The summed E-state index contributed by atoms with van der Waals surface area (Å²) in [7, 11) is 1.53. The molecule has 0 aliphatic heterocycles. The van der Waals surface area contributed by atoms with Crippen molar-refractivity contribution in [1.29, 1.82) is 0 Å². The molecule has 0 heterocycles. The fraction of sp³-hybridized carbons (Fsp3) is 0.200. The maximum Gasteiger partial charge on any atom is 0.332 e. The van der Waals surface area contributed by atoms with Crippen molar-refractivity contribution >= 4 is 45.1 Å². The van der Waals surface area contributed by atoms with E-state index in [-0.39, 0.29) is 23.2 Å². The van der Waals surface area contributed by atoms with E-state index < -0.39 is 46.1 Å². The number of carboxylic acids is 2. The maximum absolute atomic E-state index is 12.7. The lowest BCUT2D eigenvalue weighted by Gasteiger charge is -2.25. The second kappa shape index (κ2) is 9.90. The predicted molar refractivity (Wildman–Crippen MR) is 116 cm³/mol. The molecule has 0 unspecified atom stereocenters. The molecule has 0 saturated carbocycles. The van der Waals surface area contributed by atoms with Gasteiger partial charge >= 0.3 is 11.9 Å². The van der Waals surface area contributed by atoms with Gasteiger partial charge in [-0.2, -0.15) is 0 Å². The van der Waals surface area contributed by atoms with Crippen LogP contribution in [0.1, 0.15) is 23.5 Å². The smallest absolute Gasteiger partial charge is 0.332 e. The Morgan fingerprint density at radius 1 is 0.767 bits per heavy atom. The Hall–Kier alpha value is -2.66. The van der Waals surface area contributed by atoms with Crippen molar-refractivity contribution in [2.75, 3.05) is 11.5 Å². The van der Waals surface area contributed by atoms with E-state index in [4.69, 9.17) is 14.2 Å². The molecule has 2 aromatic rings. The zero-order valence-electron chi connectivity index (χ0n) is 17.5. The number of carbonyl (C=O) groups excluding carboxylic acids is 2. The minimum atomic E-state index is -2.38. The predicted octanol–water partition coefficient (Wildman–Crippen LogP) is 1.70.